The number of thiophene rings is 1. The highest BCUT2D eigenvalue weighted by atomic mass is 32.1. The molecular weight excluding hydrogens is 506 g/mol. The molecule has 0 fully saturated rings. The average Bonchev–Trinajstić information content (AvgIpc) is 3.07. The van der Waals surface area contributed by atoms with E-state index in [0.29, 0.717) is 28.6 Å². The molecule has 7 nitrogen and oxygen atoms in total. The second kappa shape index (κ2) is 9.86. The molecule has 0 saturated heterocycles. The molecule has 3 heterocycles. The van der Waals surface area contributed by atoms with Crippen LogP contribution in [-0.4, -0.2) is 34.3 Å². The van der Waals surface area contributed by atoms with Gasteiger partial charge in [0.05, 0.1) is 29.2 Å². The Morgan fingerprint density at radius 2 is 1.74 bits per heavy atom. The fourth-order valence-electron chi connectivity index (χ4n) is 4.51. The van der Waals surface area contributed by atoms with Crippen LogP contribution in [0.3, 0.4) is 0 Å². The average molecular weight is 531 g/mol. The van der Waals surface area contributed by atoms with Gasteiger partial charge in [0.25, 0.3) is 5.91 Å². The Hall–Kier alpha value is -4.31. The van der Waals surface area contributed by atoms with Crippen LogP contribution in [0.2, 0.25) is 0 Å². The summed E-state index contributed by atoms with van der Waals surface area (Å²) >= 11 is 1.53. The van der Waals surface area contributed by atoms with Gasteiger partial charge in [0, 0.05) is 51.1 Å². The summed E-state index contributed by atoms with van der Waals surface area (Å²) in [6.45, 7) is 5.48. The van der Waals surface area contributed by atoms with E-state index in [2.05, 4.69) is 15.3 Å². The molecule has 0 aliphatic carbocycles. The Balaban J connectivity index is 1.56. The van der Waals surface area contributed by atoms with Crippen LogP contribution in [0.1, 0.15) is 33.4 Å². The van der Waals surface area contributed by atoms with Gasteiger partial charge in [-0.25, -0.2) is 18.7 Å². The SMILES string of the molecule is CC(=N)C(=O)N(C)c1cccc(Nc2ncc3c(n2)-c2c(C)sc(C)c2C(c2c(F)cccc2F)=NC3)c1. The van der Waals surface area contributed by atoms with E-state index in [-0.39, 0.29) is 23.5 Å². The number of rotatable bonds is 5. The van der Waals surface area contributed by atoms with Crippen molar-refractivity contribution in [2.24, 2.45) is 4.99 Å². The Morgan fingerprint density at radius 3 is 2.45 bits per heavy atom. The van der Waals surface area contributed by atoms with Crippen molar-refractivity contribution in [3.8, 4) is 11.3 Å². The number of fused-ring (bicyclic) bond motifs is 3. The van der Waals surface area contributed by atoms with Crippen molar-refractivity contribution in [1.82, 2.24) is 9.97 Å². The third-order valence-electron chi connectivity index (χ3n) is 6.32. The van der Waals surface area contributed by atoms with E-state index in [1.54, 1.807) is 31.4 Å². The molecule has 38 heavy (non-hydrogen) atoms. The molecule has 0 radical (unpaired) electrons. The third kappa shape index (κ3) is 4.47. The number of nitrogens with one attached hydrogen (secondary N) is 2. The van der Waals surface area contributed by atoms with Crippen LogP contribution < -0.4 is 10.2 Å². The predicted molar refractivity (Wildman–Crippen MR) is 147 cm³/mol. The number of aliphatic imine (C=N–C) groups is 1. The van der Waals surface area contributed by atoms with Crippen LogP contribution in [0.5, 0.6) is 0 Å². The molecule has 1 aliphatic rings. The Labute approximate surface area is 222 Å². The summed E-state index contributed by atoms with van der Waals surface area (Å²) in [5.74, 6) is -1.41. The first-order chi connectivity index (χ1) is 18.2. The Morgan fingerprint density at radius 1 is 1.05 bits per heavy atom. The van der Waals surface area contributed by atoms with Crippen LogP contribution in [0, 0.1) is 30.9 Å². The second-order valence-electron chi connectivity index (χ2n) is 8.96. The Bertz CT molecular complexity index is 1620. The highest BCUT2D eigenvalue weighted by molar-refractivity contribution is 7.12. The number of hydrogen-bond donors (Lipinski definition) is 2. The zero-order valence-corrected chi connectivity index (χ0v) is 22.0. The molecule has 2 aromatic carbocycles. The van der Waals surface area contributed by atoms with E-state index >= 15 is 0 Å². The fraction of sp³-hybridized carbons (Fsp3) is 0.179. The lowest BCUT2D eigenvalue weighted by Crippen LogP contribution is -2.31. The van der Waals surface area contributed by atoms with E-state index in [1.165, 1.54) is 41.4 Å². The molecule has 4 aromatic rings. The molecule has 1 amide bonds. The van der Waals surface area contributed by atoms with Gasteiger partial charge in [-0.2, -0.15) is 0 Å². The number of nitrogens with zero attached hydrogens (tertiary/aromatic N) is 4. The molecule has 5 rings (SSSR count). The van der Waals surface area contributed by atoms with Gasteiger partial charge < -0.3 is 10.2 Å². The fourth-order valence-corrected chi connectivity index (χ4v) is 5.58. The maximum Gasteiger partial charge on any atom is 0.271 e. The molecule has 0 spiro atoms. The molecule has 0 saturated carbocycles. The van der Waals surface area contributed by atoms with Crippen LogP contribution in [0.4, 0.5) is 26.1 Å². The summed E-state index contributed by atoms with van der Waals surface area (Å²) in [5.41, 5.74) is 4.17. The van der Waals surface area contributed by atoms with Crippen LogP contribution in [0.15, 0.2) is 53.7 Å². The van der Waals surface area contributed by atoms with E-state index in [1.807, 2.05) is 19.9 Å². The van der Waals surface area contributed by atoms with Crippen molar-refractivity contribution in [2.45, 2.75) is 27.3 Å². The molecular formula is C28H24F2N6OS. The lowest BCUT2D eigenvalue weighted by molar-refractivity contribution is -0.112. The molecule has 192 valence electrons. The third-order valence-corrected chi connectivity index (χ3v) is 7.34. The molecule has 0 unspecified atom stereocenters. The molecule has 10 heteroatoms. The van der Waals surface area contributed by atoms with Gasteiger partial charge >= 0.3 is 0 Å². The first kappa shape index (κ1) is 25.3. The summed E-state index contributed by atoms with van der Waals surface area (Å²) in [4.78, 5) is 29.4. The quantitative estimate of drug-likeness (QED) is 0.301. The summed E-state index contributed by atoms with van der Waals surface area (Å²) in [6.07, 6.45) is 1.67. The number of halogens is 2. The van der Waals surface area contributed by atoms with Crippen molar-refractivity contribution in [3.05, 3.63) is 86.7 Å². The smallest absolute Gasteiger partial charge is 0.271 e. The van der Waals surface area contributed by atoms with Gasteiger partial charge in [-0.05, 0) is 51.1 Å². The van der Waals surface area contributed by atoms with Gasteiger partial charge in [-0.3, -0.25) is 15.2 Å². The molecule has 0 bridgehead atoms. The second-order valence-corrected chi connectivity index (χ2v) is 10.4. The largest absolute Gasteiger partial charge is 0.324 e. The number of carbonyl (C=O) groups excluding carboxylic acids is 1. The van der Waals surface area contributed by atoms with Crippen LogP contribution in [0.25, 0.3) is 11.3 Å². The summed E-state index contributed by atoms with van der Waals surface area (Å²) in [7, 11) is 1.61. The first-order valence-corrected chi connectivity index (χ1v) is 12.6. The maximum absolute atomic E-state index is 14.8. The zero-order valence-electron chi connectivity index (χ0n) is 21.2. The number of amides is 1. The summed E-state index contributed by atoms with van der Waals surface area (Å²) in [5, 5.41) is 10.8. The van der Waals surface area contributed by atoms with Gasteiger partial charge in [0.15, 0.2) is 0 Å². The number of benzene rings is 2. The highest BCUT2D eigenvalue weighted by Gasteiger charge is 2.29. The number of hydrogen-bond acceptors (Lipinski definition) is 7. The molecule has 2 aromatic heterocycles. The topological polar surface area (TPSA) is 94.3 Å². The molecule has 0 atom stereocenters. The monoisotopic (exact) mass is 530 g/mol. The number of aromatic nitrogens is 2. The van der Waals surface area contributed by atoms with E-state index < -0.39 is 17.5 Å². The van der Waals surface area contributed by atoms with Crippen molar-refractivity contribution in [2.75, 3.05) is 17.3 Å². The maximum atomic E-state index is 14.8. The van der Waals surface area contributed by atoms with Crippen molar-refractivity contribution in [1.29, 1.82) is 5.41 Å². The van der Waals surface area contributed by atoms with Crippen molar-refractivity contribution in [3.63, 3.8) is 0 Å². The number of carbonyl (C=O) groups is 1. The zero-order chi connectivity index (χ0) is 27.1. The minimum atomic E-state index is -0.668. The first-order valence-electron chi connectivity index (χ1n) is 11.8. The van der Waals surface area contributed by atoms with E-state index in [0.717, 1.165) is 20.9 Å². The summed E-state index contributed by atoms with van der Waals surface area (Å²) in [6, 6.07) is 11.0. The minimum Gasteiger partial charge on any atom is -0.324 e. The summed E-state index contributed by atoms with van der Waals surface area (Å²) < 4.78 is 29.7. The van der Waals surface area contributed by atoms with Gasteiger partial charge in [-0.1, -0.05) is 12.1 Å². The van der Waals surface area contributed by atoms with E-state index in [9.17, 15) is 13.6 Å². The Kier molecular flexibility index (Phi) is 6.58. The van der Waals surface area contributed by atoms with Crippen molar-refractivity contribution >= 4 is 46.0 Å². The lowest BCUT2D eigenvalue weighted by atomic mass is 9.95. The van der Waals surface area contributed by atoms with E-state index in [4.69, 9.17) is 10.4 Å². The number of aryl methyl sites for hydroxylation is 2. The van der Waals surface area contributed by atoms with Gasteiger partial charge in [0.2, 0.25) is 5.95 Å². The molecule has 2 N–H and O–H groups in total. The predicted octanol–water partition coefficient (Wildman–Crippen LogP) is 6.20. The van der Waals surface area contributed by atoms with Crippen LogP contribution in [-0.2, 0) is 11.3 Å². The lowest BCUT2D eigenvalue weighted by Gasteiger charge is -2.18. The van der Waals surface area contributed by atoms with Crippen molar-refractivity contribution < 1.29 is 13.6 Å². The molecule has 1 aliphatic heterocycles. The van der Waals surface area contributed by atoms with Gasteiger partial charge in [-0.15, -0.1) is 11.3 Å². The number of anilines is 3. The normalized spacial score (nSPS) is 12.2. The minimum absolute atomic E-state index is 0.0611. The standard InChI is InChI=1S/C28H24F2N6OS/c1-14(31)27(37)36(4)19-8-5-7-18(11-19)34-28-33-13-17-12-32-26(24-20(29)9-6-10-21(24)30)23-16(3)38-15(2)22(23)25(17)35-28/h5-11,13,31H,12H2,1-4H3,(H,33,34,35). The highest BCUT2D eigenvalue weighted by Crippen LogP contribution is 2.41. The van der Waals surface area contributed by atoms with Crippen LogP contribution >= 0.6 is 11.3 Å². The van der Waals surface area contributed by atoms with Gasteiger partial charge in [0.1, 0.15) is 11.6 Å².